The van der Waals surface area contributed by atoms with Crippen LogP contribution in [0.5, 0.6) is 0 Å². The topological polar surface area (TPSA) is 65.4 Å². The van der Waals surface area contributed by atoms with Crippen molar-refractivity contribution in [1.82, 2.24) is 4.90 Å². The Balaban J connectivity index is 1.86. The molecule has 0 unspecified atom stereocenters. The molecule has 1 aromatic rings. The van der Waals surface area contributed by atoms with Crippen LogP contribution in [0.2, 0.25) is 0 Å². The minimum atomic E-state index is -0.535. The van der Waals surface area contributed by atoms with Crippen LogP contribution in [0.15, 0.2) is 18.2 Å². The SMILES string of the molecule is CC(C)(C)OC(=O)N1CC(Nc2ccc(F)c(C#N)c2)C1. The van der Waals surface area contributed by atoms with Gasteiger partial charge in [0.2, 0.25) is 0 Å². The van der Waals surface area contributed by atoms with Gasteiger partial charge in [0, 0.05) is 18.8 Å². The average molecular weight is 291 g/mol. The second kappa shape index (κ2) is 5.60. The fourth-order valence-electron chi connectivity index (χ4n) is 1.98. The van der Waals surface area contributed by atoms with Crippen molar-refractivity contribution in [3.63, 3.8) is 0 Å². The van der Waals surface area contributed by atoms with Crippen LogP contribution in [-0.2, 0) is 4.74 Å². The van der Waals surface area contributed by atoms with Gasteiger partial charge in [0.25, 0.3) is 0 Å². The van der Waals surface area contributed by atoms with E-state index in [4.69, 9.17) is 10.00 Å². The summed E-state index contributed by atoms with van der Waals surface area (Å²) in [5.74, 6) is -0.535. The monoisotopic (exact) mass is 291 g/mol. The standard InChI is InChI=1S/C15H18FN3O2/c1-15(2,3)21-14(20)19-8-12(9-19)18-11-4-5-13(16)10(6-11)7-17/h4-6,12,18H,8-9H2,1-3H3. The van der Waals surface area contributed by atoms with Gasteiger partial charge in [-0.15, -0.1) is 0 Å². The maximum Gasteiger partial charge on any atom is 0.410 e. The van der Waals surface area contributed by atoms with Crippen LogP contribution in [0.1, 0.15) is 26.3 Å². The molecule has 5 nitrogen and oxygen atoms in total. The van der Waals surface area contributed by atoms with Gasteiger partial charge in [-0.3, -0.25) is 0 Å². The molecule has 1 aliphatic rings. The van der Waals surface area contributed by atoms with Crippen molar-refractivity contribution < 1.29 is 13.9 Å². The molecule has 6 heteroatoms. The summed E-state index contributed by atoms with van der Waals surface area (Å²) in [4.78, 5) is 13.4. The molecule has 112 valence electrons. The largest absolute Gasteiger partial charge is 0.444 e. The molecule has 0 bridgehead atoms. The molecule has 1 aliphatic heterocycles. The van der Waals surface area contributed by atoms with E-state index in [0.717, 1.165) is 0 Å². The second-order valence-corrected chi connectivity index (χ2v) is 6.03. The van der Waals surface area contributed by atoms with Gasteiger partial charge in [-0.1, -0.05) is 0 Å². The zero-order valence-corrected chi connectivity index (χ0v) is 12.3. The summed E-state index contributed by atoms with van der Waals surface area (Å²) in [6.45, 7) is 6.51. The summed E-state index contributed by atoms with van der Waals surface area (Å²) in [5.41, 5.74) is 0.166. The van der Waals surface area contributed by atoms with E-state index >= 15 is 0 Å². The van der Waals surface area contributed by atoms with Gasteiger partial charge in [0.1, 0.15) is 17.5 Å². The summed E-state index contributed by atoms with van der Waals surface area (Å²) in [5, 5.41) is 11.9. The summed E-state index contributed by atoms with van der Waals surface area (Å²) < 4.78 is 18.5. The molecule has 1 heterocycles. The van der Waals surface area contributed by atoms with E-state index in [0.29, 0.717) is 18.8 Å². The van der Waals surface area contributed by atoms with Crippen molar-refractivity contribution in [1.29, 1.82) is 5.26 Å². The van der Waals surface area contributed by atoms with Crippen LogP contribution >= 0.6 is 0 Å². The number of carbonyl (C=O) groups excluding carboxylic acids is 1. The molecule has 1 saturated heterocycles. The Bertz CT molecular complexity index is 584. The molecule has 1 N–H and O–H groups in total. The molecule has 0 spiro atoms. The Morgan fingerprint density at radius 2 is 2.14 bits per heavy atom. The average Bonchev–Trinajstić information content (AvgIpc) is 2.32. The molecule has 21 heavy (non-hydrogen) atoms. The minimum absolute atomic E-state index is 0.00308. The van der Waals surface area contributed by atoms with Gasteiger partial charge in [0.05, 0.1) is 11.6 Å². The van der Waals surface area contributed by atoms with Gasteiger partial charge in [-0.25, -0.2) is 9.18 Å². The first kappa shape index (κ1) is 15.1. The highest BCUT2D eigenvalue weighted by molar-refractivity contribution is 5.69. The number of nitrogens with zero attached hydrogens (tertiary/aromatic N) is 2. The van der Waals surface area contributed by atoms with E-state index in [1.54, 1.807) is 17.0 Å². The minimum Gasteiger partial charge on any atom is -0.444 e. The molecule has 1 aromatic carbocycles. The number of hydrogen-bond donors (Lipinski definition) is 1. The van der Waals surface area contributed by atoms with E-state index in [9.17, 15) is 9.18 Å². The Kier molecular flexibility index (Phi) is 4.03. The zero-order valence-electron chi connectivity index (χ0n) is 12.3. The van der Waals surface area contributed by atoms with E-state index < -0.39 is 11.4 Å². The van der Waals surface area contributed by atoms with Crippen LogP contribution in [0.25, 0.3) is 0 Å². The lowest BCUT2D eigenvalue weighted by Crippen LogP contribution is -2.57. The number of benzene rings is 1. The number of halogens is 1. The molecule has 1 fully saturated rings. The van der Waals surface area contributed by atoms with Crippen molar-refractivity contribution in [3.8, 4) is 6.07 Å². The Morgan fingerprint density at radius 3 is 2.71 bits per heavy atom. The third-order valence-corrected chi connectivity index (χ3v) is 2.99. The second-order valence-electron chi connectivity index (χ2n) is 6.03. The lowest BCUT2D eigenvalue weighted by atomic mass is 10.1. The Labute approximate surface area is 123 Å². The number of amides is 1. The van der Waals surface area contributed by atoms with Crippen LogP contribution in [0, 0.1) is 17.1 Å². The summed E-state index contributed by atoms with van der Waals surface area (Å²) >= 11 is 0. The normalized spacial score (nSPS) is 15.1. The summed E-state index contributed by atoms with van der Waals surface area (Å²) in [6.07, 6.45) is -0.336. The molecule has 0 atom stereocenters. The maximum absolute atomic E-state index is 13.2. The quantitative estimate of drug-likeness (QED) is 0.910. The van der Waals surface area contributed by atoms with E-state index in [2.05, 4.69) is 5.32 Å². The number of likely N-dealkylation sites (tertiary alicyclic amines) is 1. The molecule has 2 rings (SSSR count). The summed E-state index contributed by atoms with van der Waals surface area (Å²) in [6, 6.07) is 6.17. The fourth-order valence-corrected chi connectivity index (χ4v) is 1.98. The number of carbonyl (C=O) groups is 1. The summed E-state index contributed by atoms with van der Waals surface area (Å²) in [7, 11) is 0. The Morgan fingerprint density at radius 1 is 1.48 bits per heavy atom. The fraction of sp³-hybridized carbons (Fsp3) is 0.467. The predicted molar refractivity (Wildman–Crippen MR) is 76.3 cm³/mol. The highest BCUT2D eigenvalue weighted by Crippen LogP contribution is 2.20. The van der Waals surface area contributed by atoms with E-state index in [-0.39, 0.29) is 17.7 Å². The van der Waals surface area contributed by atoms with Gasteiger partial charge in [-0.05, 0) is 39.0 Å². The number of rotatable bonds is 2. The maximum atomic E-state index is 13.2. The number of hydrogen-bond acceptors (Lipinski definition) is 4. The molecule has 0 saturated carbocycles. The van der Waals surface area contributed by atoms with Crippen molar-refractivity contribution >= 4 is 11.8 Å². The Hall–Kier alpha value is -2.29. The van der Waals surface area contributed by atoms with Crippen molar-refractivity contribution in [3.05, 3.63) is 29.6 Å². The molecular weight excluding hydrogens is 273 g/mol. The lowest BCUT2D eigenvalue weighted by Gasteiger charge is -2.40. The number of ether oxygens (including phenoxy) is 1. The van der Waals surface area contributed by atoms with Crippen LogP contribution < -0.4 is 5.32 Å². The van der Waals surface area contributed by atoms with Crippen molar-refractivity contribution in [2.24, 2.45) is 0 Å². The van der Waals surface area contributed by atoms with Gasteiger partial charge in [-0.2, -0.15) is 5.26 Å². The highest BCUT2D eigenvalue weighted by Gasteiger charge is 2.33. The highest BCUT2D eigenvalue weighted by atomic mass is 19.1. The van der Waals surface area contributed by atoms with Gasteiger partial charge in [0.15, 0.2) is 0 Å². The first-order valence-electron chi connectivity index (χ1n) is 6.72. The van der Waals surface area contributed by atoms with Crippen LogP contribution in [-0.4, -0.2) is 35.7 Å². The number of anilines is 1. The van der Waals surface area contributed by atoms with Gasteiger partial charge >= 0.3 is 6.09 Å². The van der Waals surface area contributed by atoms with Crippen molar-refractivity contribution in [2.45, 2.75) is 32.4 Å². The number of nitrogens with one attached hydrogen (secondary N) is 1. The van der Waals surface area contributed by atoms with Gasteiger partial charge < -0.3 is 15.0 Å². The van der Waals surface area contributed by atoms with E-state index in [1.807, 2.05) is 20.8 Å². The van der Waals surface area contributed by atoms with Crippen LogP contribution in [0.4, 0.5) is 14.9 Å². The molecule has 0 aliphatic carbocycles. The smallest absolute Gasteiger partial charge is 0.410 e. The molecule has 0 radical (unpaired) electrons. The predicted octanol–water partition coefficient (Wildman–Crippen LogP) is 2.73. The lowest BCUT2D eigenvalue weighted by molar-refractivity contribution is 0.0105. The third kappa shape index (κ3) is 3.85. The van der Waals surface area contributed by atoms with E-state index in [1.165, 1.54) is 12.1 Å². The molecule has 1 amide bonds. The number of nitriles is 1. The first-order chi connectivity index (χ1) is 9.78. The van der Waals surface area contributed by atoms with Crippen LogP contribution in [0.3, 0.4) is 0 Å². The molecule has 0 aromatic heterocycles. The molecular formula is C15H18FN3O2. The third-order valence-electron chi connectivity index (χ3n) is 2.99. The van der Waals surface area contributed by atoms with Crippen molar-refractivity contribution in [2.75, 3.05) is 18.4 Å². The first-order valence-corrected chi connectivity index (χ1v) is 6.72. The zero-order chi connectivity index (χ0) is 15.6.